The number of methoxy groups -OCH3 is 1. The van der Waals surface area contributed by atoms with E-state index in [1.54, 1.807) is 6.92 Å². The predicted molar refractivity (Wildman–Crippen MR) is 50.3 cm³/mol. The average Bonchev–Trinajstić information content (AvgIpc) is 2.64. The maximum Gasteiger partial charge on any atom is 0.311 e. The fourth-order valence-electron chi connectivity index (χ4n) is 1.35. The van der Waals surface area contributed by atoms with Gasteiger partial charge in [-0.1, -0.05) is 0 Å². The Morgan fingerprint density at radius 3 is 2.73 bits per heavy atom. The zero-order valence-corrected chi connectivity index (χ0v) is 8.73. The summed E-state index contributed by atoms with van der Waals surface area (Å²) in [6, 6.07) is -0.465. The van der Waals surface area contributed by atoms with Gasteiger partial charge in [0.15, 0.2) is 0 Å². The summed E-state index contributed by atoms with van der Waals surface area (Å²) in [6.07, 6.45) is -0.583. The lowest BCUT2D eigenvalue weighted by molar-refractivity contribution is -0.142. The predicted octanol–water partition coefficient (Wildman–Crippen LogP) is -0.763. The Morgan fingerprint density at radius 2 is 2.20 bits per heavy atom. The lowest BCUT2D eigenvalue weighted by atomic mass is 10.0. The van der Waals surface area contributed by atoms with Crippen molar-refractivity contribution in [3.8, 4) is 0 Å². The fourth-order valence-corrected chi connectivity index (χ4v) is 1.35. The Labute approximate surface area is 87.5 Å². The second-order valence-electron chi connectivity index (χ2n) is 3.48. The van der Waals surface area contributed by atoms with E-state index in [2.05, 4.69) is 5.32 Å². The van der Waals surface area contributed by atoms with Gasteiger partial charge in [-0.3, -0.25) is 9.59 Å². The summed E-state index contributed by atoms with van der Waals surface area (Å²) in [5.74, 6) is -1.94. The highest BCUT2D eigenvalue weighted by Gasteiger charge is 2.35. The Bertz CT molecular complexity index is 255. The molecule has 1 aliphatic rings. The summed E-state index contributed by atoms with van der Waals surface area (Å²) < 4.78 is 9.83. The molecule has 0 aromatic carbocycles. The molecule has 2 N–H and O–H groups in total. The van der Waals surface area contributed by atoms with Gasteiger partial charge in [0.2, 0.25) is 5.91 Å². The van der Waals surface area contributed by atoms with Gasteiger partial charge in [0.05, 0.1) is 19.3 Å². The summed E-state index contributed by atoms with van der Waals surface area (Å²) in [5.41, 5.74) is 0. The number of carbonyl (C=O) groups excluding carboxylic acids is 1. The minimum absolute atomic E-state index is 0.141. The van der Waals surface area contributed by atoms with Gasteiger partial charge in [0, 0.05) is 7.11 Å². The van der Waals surface area contributed by atoms with Crippen LogP contribution in [0.15, 0.2) is 0 Å². The number of aliphatic carboxylic acids is 1. The first-order chi connectivity index (χ1) is 7.06. The topological polar surface area (TPSA) is 84.9 Å². The molecule has 0 saturated carbocycles. The molecule has 0 aliphatic carbocycles. The maximum atomic E-state index is 11.4. The van der Waals surface area contributed by atoms with Crippen molar-refractivity contribution in [1.29, 1.82) is 0 Å². The number of rotatable bonds is 4. The molecular formula is C9H15NO5. The molecule has 0 aromatic rings. The summed E-state index contributed by atoms with van der Waals surface area (Å²) >= 11 is 0. The highest BCUT2D eigenvalue weighted by Crippen LogP contribution is 2.13. The molecule has 0 aromatic heterocycles. The number of ether oxygens (including phenoxy) is 2. The molecule has 1 aliphatic heterocycles. The SMILES string of the molecule is COC(C)C(=O)NC1COCC1C(=O)O. The third kappa shape index (κ3) is 2.90. The normalized spacial score (nSPS) is 27.3. The largest absolute Gasteiger partial charge is 0.481 e. The monoisotopic (exact) mass is 217 g/mol. The van der Waals surface area contributed by atoms with Crippen LogP contribution in [0.5, 0.6) is 0 Å². The first-order valence-corrected chi connectivity index (χ1v) is 4.70. The van der Waals surface area contributed by atoms with E-state index in [-0.39, 0.29) is 19.1 Å². The van der Waals surface area contributed by atoms with Crippen LogP contribution in [0, 0.1) is 5.92 Å². The summed E-state index contributed by atoms with van der Waals surface area (Å²) in [4.78, 5) is 22.2. The number of nitrogens with one attached hydrogen (secondary N) is 1. The molecule has 3 atom stereocenters. The van der Waals surface area contributed by atoms with Crippen molar-refractivity contribution < 1.29 is 24.2 Å². The number of carbonyl (C=O) groups is 2. The van der Waals surface area contributed by atoms with E-state index in [4.69, 9.17) is 14.6 Å². The minimum Gasteiger partial charge on any atom is -0.481 e. The zero-order chi connectivity index (χ0) is 11.4. The molecule has 1 saturated heterocycles. The molecule has 86 valence electrons. The lowest BCUT2D eigenvalue weighted by Gasteiger charge is -2.17. The first-order valence-electron chi connectivity index (χ1n) is 4.70. The summed E-state index contributed by atoms with van der Waals surface area (Å²) in [5, 5.41) is 11.4. The summed E-state index contributed by atoms with van der Waals surface area (Å²) in [6.45, 7) is 1.97. The van der Waals surface area contributed by atoms with E-state index < -0.39 is 24.0 Å². The van der Waals surface area contributed by atoms with Crippen molar-refractivity contribution in [3.05, 3.63) is 0 Å². The number of hydrogen-bond acceptors (Lipinski definition) is 4. The number of carboxylic acids is 1. The molecule has 0 bridgehead atoms. The van der Waals surface area contributed by atoms with E-state index >= 15 is 0 Å². The van der Waals surface area contributed by atoms with E-state index in [0.717, 1.165) is 0 Å². The van der Waals surface area contributed by atoms with Crippen LogP contribution >= 0.6 is 0 Å². The van der Waals surface area contributed by atoms with Crippen molar-refractivity contribution in [2.24, 2.45) is 5.92 Å². The smallest absolute Gasteiger partial charge is 0.311 e. The van der Waals surface area contributed by atoms with Crippen molar-refractivity contribution in [1.82, 2.24) is 5.32 Å². The second kappa shape index (κ2) is 5.09. The molecule has 6 heteroatoms. The van der Waals surface area contributed by atoms with Gasteiger partial charge in [-0.25, -0.2) is 0 Å². The van der Waals surface area contributed by atoms with Gasteiger partial charge in [0.1, 0.15) is 12.0 Å². The summed E-state index contributed by atoms with van der Waals surface area (Å²) in [7, 11) is 1.42. The minimum atomic E-state index is -0.956. The maximum absolute atomic E-state index is 11.4. The van der Waals surface area contributed by atoms with Crippen molar-refractivity contribution in [2.75, 3.05) is 20.3 Å². The van der Waals surface area contributed by atoms with Crippen LogP contribution in [0.2, 0.25) is 0 Å². The van der Waals surface area contributed by atoms with Gasteiger partial charge in [-0.05, 0) is 6.92 Å². The van der Waals surface area contributed by atoms with E-state index in [1.165, 1.54) is 7.11 Å². The number of hydrogen-bond donors (Lipinski definition) is 2. The highest BCUT2D eigenvalue weighted by molar-refractivity contribution is 5.81. The second-order valence-corrected chi connectivity index (χ2v) is 3.48. The van der Waals surface area contributed by atoms with Crippen LogP contribution in [-0.2, 0) is 19.1 Å². The third-order valence-corrected chi connectivity index (χ3v) is 2.45. The van der Waals surface area contributed by atoms with Gasteiger partial charge in [0.25, 0.3) is 0 Å². The highest BCUT2D eigenvalue weighted by atomic mass is 16.5. The van der Waals surface area contributed by atoms with Gasteiger partial charge >= 0.3 is 5.97 Å². The molecule has 0 spiro atoms. The molecule has 15 heavy (non-hydrogen) atoms. The Balaban J connectivity index is 2.50. The molecule has 1 heterocycles. The van der Waals surface area contributed by atoms with Crippen molar-refractivity contribution in [2.45, 2.75) is 19.1 Å². The number of amides is 1. The Morgan fingerprint density at radius 1 is 1.53 bits per heavy atom. The van der Waals surface area contributed by atoms with Crippen LogP contribution < -0.4 is 5.32 Å². The van der Waals surface area contributed by atoms with E-state index in [1.807, 2.05) is 0 Å². The van der Waals surface area contributed by atoms with E-state index in [9.17, 15) is 9.59 Å². The van der Waals surface area contributed by atoms with Crippen LogP contribution in [0.3, 0.4) is 0 Å². The van der Waals surface area contributed by atoms with Crippen molar-refractivity contribution >= 4 is 11.9 Å². The molecule has 3 unspecified atom stereocenters. The van der Waals surface area contributed by atoms with Crippen LogP contribution in [0.4, 0.5) is 0 Å². The molecular weight excluding hydrogens is 202 g/mol. The first kappa shape index (κ1) is 11.9. The van der Waals surface area contributed by atoms with Gasteiger partial charge in [-0.15, -0.1) is 0 Å². The quantitative estimate of drug-likeness (QED) is 0.646. The molecule has 0 radical (unpaired) electrons. The van der Waals surface area contributed by atoms with Crippen LogP contribution in [0.25, 0.3) is 0 Å². The zero-order valence-electron chi connectivity index (χ0n) is 8.73. The molecule has 6 nitrogen and oxygen atoms in total. The van der Waals surface area contributed by atoms with Crippen molar-refractivity contribution in [3.63, 3.8) is 0 Å². The van der Waals surface area contributed by atoms with Gasteiger partial charge < -0.3 is 19.9 Å². The molecule has 1 rings (SSSR count). The molecule has 1 fully saturated rings. The average molecular weight is 217 g/mol. The standard InChI is InChI=1S/C9H15NO5/c1-5(14-2)8(11)10-7-4-15-3-6(7)9(12)13/h5-7H,3-4H2,1-2H3,(H,10,11)(H,12,13). The Kier molecular flexibility index (Phi) is 4.05. The Hall–Kier alpha value is -1.14. The van der Waals surface area contributed by atoms with Crippen LogP contribution in [0.1, 0.15) is 6.92 Å². The number of carboxylic acid groups (broad SMARTS) is 1. The molecule has 1 amide bonds. The lowest BCUT2D eigenvalue weighted by Crippen LogP contribution is -2.46. The van der Waals surface area contributed by atoms with E-state index in [0.29, 0.717) is 0 Å². The third-order valence-electron chi connectivity index (χ3n) is 2.45. The fraction of sp³-hybridized carbons (Fsp3) is 0.778. The van der Waals surface area contributed by atoms with Gasteiger partial charge in [-0.2, -0.15) is 0 Å². The van der Waals surface area contributed by atoms with Crippen LogP contribution in [-0.4, -0.2) is 49.5 Å².